The molecule has 0 saturated heterocycles. The molecule has 0 atom stereocenters. The lowest BCUT2D eigenvalue weighted by Crippen LogP contribution is -2.20. The number of anilines is 1. The standard InChI is InChI=1S/C22H28BrNO3/c1-3-4-5-6-7-13-26-20-10-8-9-19(15-20)24-22(25)16-27-21-12-11-18(23)14-17(21)2/h8-12,14-15H,3-7,13,16H2,1-2H3,(H,24,25). The first kappa shape index (κ1) is 21.3. The molecular formula is C22H28BrNO3. The maximum Gasteiger partial charge on any atom is 0.262 e. The molecule has 2 rings (SSSR count). The van der Waals surface area contributed by atoms with E-state index in [0.717, 1.165) is 22.2 Å². The van der Waals surface area contributed by atoms with E-state index >= 15 is 0 Å². The number of benzene rings is 2. The molecule has 0 saturated carbocycles. The first-order valence-corrected chi connectivity index (χ1v) is 10.3. The van der Waals surface area contributed by atoms with Gasteiger partial charge in [-0.15, -0.1) is 0 Å². The van der Waals surface area contributed by atoms with Crippen molar-refractivity contribution in [2.24, 2.45) is 0 Å². The van der Waals surface area contributed by atoms with Crippen molar-refractivity contribution in [3.05, 3.63) is 52.5 Å². The molecule has 2 aromatic carbocycles. The van der Waals surface area contributed by atoms with Crippen LogP contribution in [0.2, 0.25) is 0 Å². The van der Waals surface area contributed by atoms with E-state index in [1.54, 1.807) is 0 Å². The van der Waals surface area contributed by atoms with Crippen molar-refractivity contribution in [2.45, 2.75) is 46.0 Å². The average Bonchev–Trinajstić information content (AvgIpc) is 2.64. The lowest BCUT2D eigenvalue weighted by molar-refractivity contribution is -0.118. The average molecular weight is 434 g/mol. The third-order valence-corrected chi connectivity index (χ3v) is 4.62. The maximum absolute atomic E-state index is 12.1. The predicted molar refractivity (Wildman–Crippen MR) is 114 cm³/mol. The molecule has 0 bridgehead atoms. The van der Waals surface area contributed by atoms with Crippen molar-refractivity contribution >= 4 is 27.5 Å². The maximum atomic E-state index is 12.1. The Hall–Kier alpha value is -2.01. The number of aryl methyl sites for hydroxylation is 1. The van der Waals surface area contributed by atoms with Crippen LogP contribution in [0, 0.1) is 6.92 Å². The number of halogens is 1. The van der Waals surface area contributed by atoms with Crippen molar-refractivity contribution in [1.82, 2.24) is 0 Å². The van der Waals surface area contributed by atoms with Crippen molar-refractivity contribution in [3.63, 3.8) is 0 Å². The van der Waals surface area contributed by atoms with E-state index in [-0.39, 0.29) is 12.5 Å². The number of hydrogen-bond acceptors (Lipinski definition) is 3. The monoisotopic (exact) mass is 433 g/mol. The second-order valence-electron chi connectivity index (χ2n) is 6.54. The largest absolute Gasteiger partial charge is 0.494 e. The van der Waals surface area contributed by atoms with Crippen LogP contribution in [0.3, 0.4) is 0 Å². The second kappa shape index (κ2) is 11.7. The summed E-state index contributed by atoms with van der Waals surface area (Å²) in [5.74, 6) is 1.27. The molecule has 1 N–H and O–H groups in total. The van der Waals surface area contributed by atoms with Gasteiger partial charge in [0.25, 0.3) is 5.91 Å². The van der Waals surface area contributed by atoms with Crippen molar-refractivity contribution in [1.29, 1.82) is 0 Å². The topological polar surface area (TPSA) is 47.6 Å². The van der Waals surface area contributed by atoms with Crippen molar-refractivity contribution < 1.29 is 14.3 Å². The summed E-state index contributed by atoms with van der Waals surface area (Å²) in [6, 6.07) is 13.2. The zero-order valence-corrected chi connectivity index (χ0v) is 17.7. The minimum atomic E-state index is -0.200. The fourth-order valence-electron chi connectivity index (χ4n) is 2.67. The van der Waals surface area contributed by atoms with Gasteiger partial charge in [0, 0.05) is 16.2 Å². The van der Waals surface area contributed by atoms with Crippen LogP contribution >= 0.6 is 15.9 Å². The summed E-state index contributed by atoms with van der Waals surface area (Å²) in [5.41, 5.74) is 1.69. The Morgan fingerprint density at radius 1 is 1.04 bits per heavy atom. The van der Waals surface area contributed by atoms with E-state index in [1.807, 2.05) is 49.4 Å². The third-order valence-electron chi connectivity index (χ3n) is 4.13. The molecule has 2 aromatic rings. The summed E-state index contributed by atoms with van der Waals surface area (Å²) in [4.78, 5) is 12.1. The highest BCUT2D eigenvalue weighted by molar-refractivity contribution is 9.10. The van der Waals surface area contributed by atoms with Gasteiger partial charge in [-0.2, -0.15) is 0 Å². The summed E-state index contributed by atoms with van der Waals surface area (Å²) in [6.45, 7) is 4.82. The summed E-state index contributed by atoms with van der Waals surface area (Å²) in [7, 11) is 0. The van der Waals surface area contributed by atoms with E-state index in [4.69, 9.17) is 9.47 Å². The molecule has 0 spiro atoms. The number of carbonyl (C=O) groups excluding carboxylic acids is 1. The van der Waals surface area contributed by atoms with Crippen LogP contribution in [0.5, 0.6) is 11.5 Å². The van der Waals surface area contributed by atoms with E-state index in [1.165, 1.54) is 25.7 Å². The van der Waals surface area contributed by atoms with Crippen LogP contribution in [0.1, 0.15) is 44.6 Å². The smallest absolute Gasteiger partial charge is 0.262 e. The first-order valence-electron chi connectivity index (χ1n) is 9.50. The van der Waals surface area contributed by atoms with E-state index in [2.05, 4.69) is 28.2 Å². The Kier molecular flexibility index (Phi) is 9.19. The van der Waals surface area contributed by atoms with Crippen LogP contribution in [0.15, 0.2) is 46.9 Å². The number of nitrogens with one attached hydrogen (secondary N) is 1. The Morgan fingerprint density at radius 3 is 2.63 bits per heavy atom. The highest BCUT2D eigenvalue weighted by Gasteiger charge is 2.07. The Balaban J connectivity index is 1.76. The number of amides is 1. The zero-order valence-electron chi connectivity index (χ0n) is 16.1. The van der Waals surface area contributed by atoms with E-state index in [9.17, 15) is 4.79 Å². The molecular weight excluding hydrogens is 406 g/mol. The number of hydrogen-bond donors (Lipinski definition) is 1. The first-order chi connectivity index (χ1) is 13.1. The number of carbonyl (C=O) groups is 1. The van der Waals surface area contributed by atoms with Gasteiger partial charge in [0.2, 0.25) is 0 Å². The van der Waals surface area contributed by atoms with Crippen LogP contribution in [0.4, 0.5) is 5.69 Å². The summed E-state index contributed by atoms with van der Waals surface area (Å²) >= 11 is 3.41. The quantitative estimate of drug-likeness (QED) is 0.433. The molecule has 0 aliphatic heterocycles. The zero-order chi connectivity index (χ0) is 19.5. The molecule has 4 nitrogen and oxygen atoms in total. The highest BCUT2D eigenvalue weighted by Crippen LogP contribution is 2.22. The van der Waals surface area contributed by atoms with Crippen molar-refractivity contribution in [2.75, 3.05) is 18.5 Å². The number of unbranched alkanes of at least 4 members (excludes halogenated alkanes) is 4. The normalized spacial score (nSPS) is 10.5. The fraction of sp³-hybridized carbons (Fsp3) is 0.409. The molecule has 0 fully saturated rings. The molecule has 5 heteroatoms. The van der Waals surface area contributed by atoms with Crippen LogP contribution in [0.25, 0.3) is 0 Å². The molecule has 0 unspecified atom stereocenters. The van der Waals surface area contributed by atoms with Gasteiger partial charge in [-0.25, -0.2) is 0 Å². The minimum Gasteiger partial charge on any atom is -0.494 e. The van der Waals surface area contributed by atoms with Crippen LogP contribution in [-0.2, 0) is 4.79 Å². The van der Waals surface area contributed by atoms with Gasteiger partial charge in [-0.1, -0.05) is 54.6 Å². The lowest BCUT2D eigenvalue weighted by atomic mass is 10.2. The molecule has 27 heavy (non-hydrogen) atoms. The van der Waals surface area contributed by atoms with Gasteiger partial charge in [-0.3, -0.25) is 4.79 Å². The van der Waals surface area contributed by atoms with Gasteiger partial charge in [-0.05, 0) is 49.2 Å². The molecule has 0 aliphatic carbocycles. The van der Waals surface area contributed by atoms with Gasteiger partial charge in [0.05, 0.1) is 6.61 Å². The molecule has 0 aliphatic rings. The highest BCUT2D eigenvalue weighted by atomic mass is 79.9. The Labute approximate surface area is 170 Å². The third kappa shape index (κ3) is 8.04. The van der Waals surface area contributed by atoms with Gasteiger partial charge >= 0.3 is 0 Å². The number of rotatable bonds is 11. The van der Waals surface area contributed by atoms with Gasteiger partial charge in [0.1, 0.15) is 11.5 Å². The van der Waals surface area contributed by atoms with Gasteiger partial charge < -0.3 is 14.8 Å². The molecule has 146 valence electrons. The summed E-state index contributed by atoms with van der Waals surface area (Å²) in [5, 5.41) is 2.85. The second-order valence-corrected chi connectivity index (χ2v) is 7.45. The molecule has 0 radical (unpaired) electrons. The van der Waals surface area contributed by atoms with Gasteiger partial charge in [0.15, 0.2) is 6.61 Å². The molecule has 0 aromatic heterocycles. The van der Waals surface area contributed by atoms with Crippen molar-refractivity contribution in [3.8, 4) is 11.5 Å². The molecule has 0 heterocycles. The van der Waals surface area contributed by atoms with Crippen LogP contribution < -0.4 is 14.8 Å². The summed E-state index contributed by atoms with van der Waals surface area (Å²) in [6.07, 6.45) is 6.03. The molecule has 1 amide bonds. The Morgan fingerprint density at radius 2 is 1.85 bits per heavy atom. The number of ether oxygens (including phenoxy) is 2. The van der Waals surface area contributed by atoms with Crippen LogP contribution in [-0.4, -0.2) is 19.1 Å². The summed E-state index contributed by atoms with van der Waals surface area (Å²) < 4.78 is 12.4. The van der Waals surface area contributed by atoms with E-state index in [0.29, 0.717) is 18.0 Å². The SMILES string of the molecule is CCCCCCCOc1cccc(NC(=O)COc2ccc(Br)cc2C)c1. The van der Waals surface area contributed by atoms with E-state index < -0.39 is 0 Å². The Bertz CT molecular complexity index is 733. The lowest BCUT2D eigenvalue weighted by Gasteiger charge is -2.11. The minimum absolute atomic E-state index is 0.0367. The predicted octanol–water partition coefficient (Wildman–Crippen LogP) is 6.12. The fourth-order valence-corrected chi connectivity index (χ4v) is 3.15.